The molecule has 2 N–H and O–H groups in total. The van der Waals surface area contributed by atoms with Crippen molar-refractivity contribution in [2.24, 2.45) is 5.92 Å². The molecule has 2 aromatic rings. The Morgan fingerprint density at radius 2 is 1.95 bits per heavy atom. The Hall–Kier alpha value is -2.02. The zero-order chi connectivity index (χ0) is 14.5. The number of fused-ring (bicyclic) bond motifs is 1. The third-order valence-electron chi connectivity index (χ3n) is 2.78. The van der Waals surface area contributed by atoms with Gasteiger partial charge in [-0.15, -0.1) is 0 Å². The van der Waals surface area contributed by atoms with Gasteiger partial charge in [0.25, 0.3) is 5.91 Å². The fourth-order valence-corrected chi connectivity index (χ4v) is 2.12. The molecule has 0 aliphatic carbocycles. The minimum absolute atomic E-state index is 0.191. The smallest absolute Gasteiger partial charge is 0.269 e. The second kappa shape index (κ2) is 6.42. The van der Waals surface area contributed by atoms with Crippen LogP contribution < -0.4 is 10.9 Å². The molecule has 0 saturated carbocycles. The zero-order valence-corrected chi connectivity index (χ0v) is 12.2. The number of nitrogens with one attached hydrogen (secondary N) is 2. The lowest BCUT2D eigenvalue weighted by molar-refractivity contribution is -0.122. The molecule has 7 heteroatoms. The molecule has 0 atom stereocenters. The molecule has 0 bridgehead atoms. The summed E-state index contributed by atoms with van der Waals surface area (Å²) in [4.78, 5) is 23.4. The zero-order valence-electron chi connectivity index (χ0n) is 11.3. The van der Waals surface area contributed by atoms with E-state index < -0.39 is 0 Å². The summed E-state index contributed by atoms with van der Waals surface area (Å²) in [6.45, 7) is 4.09. The largest absolute Gasteiger partial charge is 0.273 e. The predicted octanol–water partition coefficient (Wildman–Crippen LogP) is 1.89. The van der Waals surface area contributed by atoms with Crippen LogP contribution in [0.2, 0.25) is 0 Å². The van der Waals surface area contributed by atoms with Crippen LogP contribution >= 0.6 is 11.7 Å². The van der Waals surface area contributed by atoms with Gasteiger partial charge < -0.3 is 0 Å². The van der Waals surface area contributed by atoms with Crippen LogP contribution in [0.3, 0.4) is 0 Å². The molecular formula is C13H16N4O2S. The SMILES string of the molecule is CC(C)CCC(=O)NNC(=O)c1ccc2nsnc2c1. The Kier molecular flexibility index (Phi) is 4.62. The average Bonchev–Trinajstić information content (AvgIpc) is 2.89. The summed E-state index contributed by atoms with van der Waals surface area (Å²) in [6.07, 6.45) is 1.19. The van der Waals surface area contributed by atoms with E-state index in [1.807, 2.05) is 13.8 Å². The standard InChI is InChI=1S/C13H16N4O2S/c1-8(2)3-6-12(18)14-15-13(19)9-4-5-10-11(7-9)17-20-16-10/h4-5,7-8H,3,6H2,1-2H3,(H,14,18)(H,15,19). The third kappa shape index (κ3) is 3.74. The van der Waals surface area contributed by atoms with Gasteiger partial charge in [-0.25, -0.2) is 0 Å². The number of hydrogen-bond acceptors (Lipinski definition) is 5. The molecule has 0 spiro atoms. The van der Waals surface area contributed by atoms with Crippen LogP contribution in [0.15, 0.2) is 18.2 Å². The second-order valence-corrected chi connectivity index (χ2v) is 5.43. The lowest BCUT2D eigenvalue weighted by Gasteiger charge is -2.08. The van der Waals surface area contributed by atoms with Crippen LogP contribution in [-0.2, 0) is 4.79 Å². The number of benzene rings is 1. The van der Waals surface area contributed by atoms with Crippen molar-refractivity contribution >= 4 is 34.6 Å². The highest BCUT2D eigenvalue weighted by atomic mass is 32.1. The summed E-state index contributed by atoms with van der Waals surface area (Å²) in [5.41, 5.74) is 6.67. The molecule has 20 heavy (non-hydrogen) atoms. The van der Waals surface area contributed by atoms with Gasteiger partial charge in [-0.3, -0.25) is 20.4 Å². The normalized spacial score (nSPS) is 10.8. The van der Waals surface area contributed by atoms with E-state index in [-0.39, 0.29) is 11.8 Å². The Morgan fingerprint density at radius 1 is 1.20 bits per heavy atom. The maximum Gasteiger partial charge on any atom is 0.269 e. The molecule has 0 radical (unpaired) electrons. The quantitative estimate of drug-likeness (QED) is 0.843. The molecule has 1 aromatic carbocycles. The van der Waals surface area contributed by atoms with Gasteiger partial charge in [0, 0.05) is 12.0 Å². The average molecular weight is 292 g/mol. The van der Waals surface area contributed by atoms with Gasteiger partial charge in [0.1, 0.15) is 11.0 Å². The van der Waals surface area contributed by atoms with E-state index in [0.29, 0.717) is 23.4 Å². The number of rotatable bonds is 4. The lowest BCUT2D eigenvalue weighted by Crippen LogP contribution is -2.41. The van der Waals surface area contributed by atoms with E-state index in [9.17, 15) is 9.59 Å². The first-order chi connectivity index (χ1) is 9.56. The number of hydrogen-bond donors (Lipinski definition) is 2. The van der Waals surface area contributed by atoms with Gasteiger partial charge in [0.2, 0.25) is 5.91 Å². The van der Waals surface area contributed by atoms with Crippen molar-refractivity contribution < 1.29 is 9.59 Å². The number of carbonyl (C=O) groups is 2. The number of carbonyl (C=O) groups excluding carboxylic acids is 2. The molecular weight excluding hydrogens is 276 g/mol. The first-order valence-electron chi connectivity index (χ1n) is 6.38. The lowest BCUT2D eigenvalue weighted by atomic mass is 10.1. The van der Waals surface area contributed by atoms with Gasteiger partial charge in [0.05, 0.1) is 11.7 Å². The van der Waals surface area contributed by atoms with Crippen molar-refractivity contribution in [2.45, 2.75) is 26.7 Å². The number of aromatic nitrogens is 2. The highest BCUT2D eigenvalue weighted by Crippen LogP contribution is 2.13. The summed E-state index contributed by atoms with van der Waals surface area (Å²) < 4.78 is 8.13. The van der Waals surface area contributed by atoms with E-state index in [1.165, 1.54) is 0 Å². The third-order valence-corrected chi connectivity index (χ3v) is 3.34. The van der Waals surface area contributed by atoms with Crippen LogP contribution in [0.4, 0.5) is 0 Å². The second-order valence-electron chi connectivity index (χ2n) is 4.90. The van der Waals surface area contributed by atoms with E-state index in [4.69, 9.17) is 0 Å². The van der Waals surface area contributed by atoms with Crippen molar-refractivity contribution in [1.29, 1.82) is 0 Å². The van der Waals surface area contributed by atoms with Gasteiger partial charge >= 0.3 is 0 Å². The molecule has 2 amide bonds. The minimum atomic E-state index is -0.363. The van der Waals surface area contributed by atoms with Crippen molar-refractivity contribution in [2.75, 3.05) is 0 Å². The highest BCUT2D eigenvalue weighted by Gasteiger charge is 2.09. The molecule has 6 nitrogen and oxygen atoms in total. The van der Waals surface area contributed by atoms with Crippen molar-refractivity contribution in [3.63, 3.8) is 0 Å². The molecule has 1 aromatic heterocycles. The van der Waals surface area contributed by atoms with Gasteiger partial charge in [-0.05, 0) is 30.5 Å². The Labute approximate surface area is 120 Å². The molecule has 0 saturated heterocycles. The fourth-order valence-electron chi connectivity index (χ4n) is 1.60. The monoisotopic (exact) mass is 292 g/mol. The van der Waals surface area contributed by atoms with Crippen molar-refractivity contribution in [3.05, 3.63) is 23.8 Å². The maximum absolute atomic E-state index is 11.9. The molecule has 2 rings (SSSR count). The maximum atomic E-state index is 11.9. The number of nitrogens with zero attached hydrogens (tertiary/aromatic N) is 2. The fraction of sp³-hybridized carbons (Fsp3) is 0.385. The molecule has 0 aliphatic rings. The Balaban J connectivity index is 1.89. The first kappa shape index (κ1) is 14.4. The van der Waals surface area contributed by atoms with Gasteiger partial charge in [-0.2, -0.15) is 8.75 Å². The van der Waals surface area contributed by atoms with Crippen LogP contribution in [0.1, 0.15) is 37.0 Å². The number of hydrazine groups is 1. The van der Waals surface area contributed by atoms with E-state index in [2.05, 4.69) is 19.6 Å². The first-order valence-corrected chi connectivity index (χ1v) is 7.11. The summed E-state index contributed by atoms with van der Waals surface area (Å²) in [5.74, 6) is -0.0997. The van der Waals surface area contributed by atoms with Crippen LogP contribution in [-0.4, -0.2) is 20.6 Å². The minimum Gasteiger partial charge on any atom is -0.273 e. The number of amides is 2. The summed E-state index contributed by atoms with van der Waals surface area (Å²) in [7, 11) is 0. The molecule has 0 unspecified atom stereocenters. The Bertz CT molecular complexity index is 624. The van der Waals surface area contributed by atoms with E-state index >= 15 is 0 Å². The van der Waals surface area contributed by atoms with Crippen molar-refractivity contribution in [3.8, 4) is 0 Å². The summed E-state index contributed by atoms with van der Waals surface area (Å²) in [5, 5.41) is 0. The van der Waals surface area contributed by atoms with Crippen LogP contribution in [0.25, 0.3) is 11.0 Å². The predicted molar refractivity (Wildman–Crippen MR) is 77.1 cm³/mol. The van der Waals surface area contributed by atoms with E-state index in [0.717, 1.165) is 23.7 Å². The molecule has 106 valence electrons. The summed E-state index contributed by atoms with van der Waals surface area (Å²) in [6, 6.07) is 5.03. The molecule has 0 fully saturated rings. The van der Waals surface area contributed by atoms with Crippen molar-refractivity contribution in [1.82, 2.24) is 19.6 Å². The van der Waals surface area contributed by atoms with Gasteiger partial charge in [-0.1, -0.05) is 13.8 Å². The van der Waals surface area contributed by atoms with E-state index in [1.54, 1.807) is 18.2 Å². The summed E-state index contributed by atoms with van der Waals surface area (Å²) >= 11 is 1.10. The van der Waals surface area contributed by atoms with Crippen LogP contribution in [0, 0.1) is 5.92 Å². The highest BCUT2D eigenvalue weighted by molar-refractivity contribution is 7.00. The Morgan fingerprint density at radius 3 is 2.70 bits per heavy atom. The van der Waals surface area contributed by atoms with Gasteiger partial charge in [0.15, 0.2) is 0 Å². The van der Waals surface area contributed by atoms with Crippen LogP contribution in [0.5, 0.6) is 0 Å². The topological polar surface area (TPSA) is 84.0 Å². The molecule has 1 heterocycles. The molecule has 0 aliphatic heterocycles.